The first-order chi connectivity index (χ1) is 9.06. The monoisotopic (exact) mass is 255 g/mol. The van der Waals surface area contributed by atoms with E-state index in [4.69, 9.17) is 18.6 Å². The van der Waals surface area contributed by atoms with Gasteiger partial charge >= 0.3 is 6.03 Å². The Balaban J connectivity index is 2.67. The SMILES string of the molecule is C#CC[C@@H](NC(=O)Nc1cccc(C#C)c1)C(N)=O. The van der Waals surface area contributed by atoms with Crippen molar-refractivity contribution in [3.63, 3.8) is 0 Å². The van der Waals surface area contributed by atoms with Crippen LogP contribution < -0.4 is 16.4 Å². The van der Waals surface area contributed by atoms with Crippen molar-refractivity contribution in [3.05, 3.63) is 29.8 Å². The van der Waals surface area contributed by atoms with Gasteiger partial charge < -0.3 is 16.4 Å². The Morgan fingerprint density at radius 1 is 1.37 bits per heavy atom. The van der Waals surface area contributed by atoms with E-state index >= 15 is 0 Å². The van der Waals surface area contributed by atoms with Gasteiger partial charge in [0, 0.05) is 17.7 Å². The van der Waals surface area contributed by atoms with Gasteiger partial charge in [-0.15, -0.1) is 18.8 Å². The van der Waals surface area contributed by atoms with Gasteiger partial charge in [-0.05, 0) is 18.2 Å². The predicted molar refractivity (Wildman–Crippen MR) is 73.0 cm³/mol. The Morgan fingerprint density at radius 3 is 2.68 bits per heavy atom. The van der Waals surface area contributed by atoms with Crippen molar-refractivity contribution < 1.29 is 9.59 Å². The molecule has 0 aliphatic rings. The van der Waals surface area contributed by atoms with Gasteiger partial charge in [0.1, 0.15) is 6.04 Å². The largest absolute Gasteiger partial charge is 0.368 e. The first-order valence-corrected chi connectivity index (χ1v) is 5.43. The highest BCUT2D eigenvalue weighted by atomic mass is 16.2. The molecule has 0 aliphatic heterocycles. The minimum Gasteiger partial charge on any atom is -0.368 e. The third-order valence-corrected chi connectivity index (χ3v) is 2.26. The lowest BCUT2D eigenvalue weighted by atomic mass is 10.2. The standard InChI is InChI=1S/C14H13N3O2/c1-3-6-12(13(15)18)17-14(19)16-11-8-5-7-10(4-2)9-11/h1-2,5,7-9,12H,6H2,(H2,15,18)(H2,16,17,19)/t12-/m1/s1. The second kappa shape index (κ2) is 6.73. The summed E-state index contributed by atoms with van der Waals surface area (Å²) in [5.41, 5.74) is 6.25. The number of rotatable bonds is 4. The summed E-state index contributed by atoms with van der Waals surface area (Å²) in [6, 6.07) is 5.25. The van der Waals surface area contributed by atoms with Crippen LogP contribution in [0.5, 0.6) is 0 Å². The average Bonchev–Trinajstić information content (AvgIpc) is 2.38. The predicted octanol–water partition coefficient (Wildman–Crippen LogP) is 0.667. The van der Waals surface area contributed by atoms with Crippen molar-refractivity contribution in [1.29, 1.82) is 0 Å². The average molecular weight is 255 g/mol. The number of urea groups is 1. The van der Waals surface area contributed by atoms with Crippen molar-refractivity contribution in [2.45, 2.75) is 12.5 Å². The van der Waals surface area contributed by atoms with E-state index in [9.17, 15) is 9.59 Å². The molecule has 96 valence electrons. The van der Waals surface area contributed by atoms with Crippen LogP contribution in [0.15, 0.2) is 24.3 Å². The molecule has 1 aromatic rings. The fourth-order valence-corrected chi connectivity index (χ4v) is 1.35. The van der Waals surface area contributed by atoms with E-state index in [0.29, 0.717) is 11.3 Å². The lowest BCUT2D eigenvalue weighted by Crippen LogP contribution is -2.45. The highest BCUT2D eigenvalue weighted by Crippen LogP contribution is 2.09. The van der Waals surface area contributed by atoms with Gasteiger partial charge in [0.2, 0.25) is 5.91 Å². The molecule has 0 aromatic heterocycles. The lowest BCUT2D eigenvalue weighted by Gasteiger charge is -2.13. The van der Waals surface area contributed by atoms with Crippen LogP contribution >= 0.6 is 0 Å². The van der Waals surface area contributed by atoms with Gasteiger partial charge in [-0.25, -0.2) is 4.79 Å². The van der Waals surface area contributed by atoms with Crippen molar-refractivity contribution in [3.8, 4) is 24.7 Å². The van der Waals surface area contributed by atoms with Gasteiger partial charge in [-0.1, -0.05) is 12.0 Å². The molecule has 4 N–H and O–H groups in total. The second-order valence-corrected chi connectivity index (χ2v) is 3.69. The minimum absolute atomic E-state index is 0.0349. The Hall–Kier alpha value is -2.92. The Kier molecular flexibility index (Phi) is 5.01. The number of hydrogen-bond acceptors (Lipinski definition) is 2. The van der Waals surface area contributed by atoms with Gasteiger partial charge in [0.25, 0.3) is 0 Å². The molecule has 0 saturated heterocycles. The third-order valence-electron chi connectivity index (χ3n) is 2.26. The van der Waals surface area contributed by atoms with Crippen LogP contribution in [0.1, 0.15) is 12.0 Å². The van der Waals surface area contributed by atoms with E-state index in [1.807, 2.05) is 0 Å². The zero-order chi connectivity index (χ0) is 14.3. The summed E-state index contributed by atoms with van der Waals surface area (Å²) in [4.78, 5) is 22.7. The van der Waals surface area contributed by atoms with E-state index in [1.165, 1.54) is 0 Å². The second-order valence-electron chi connectivity index (χ2n) is 3.69. The molecule has 0 heterocycles. The molecule has 5 nitrogen and oxygen atoms in total. The number of carbonyl (C=O) groups is 2. The summed E-state index contributed by atoms with van der Waals surface area (Å²) < 4.78 is 0. The molecular weight excluding hydrogens is 242 g/mol. The van der Waals surface area contributed by atoms with Gasteiger partial charge in [0.05, 0.1) is 0 Å². The molecule has 0 bridgehead atoms. The van der Waals surface area contributed by atoms with Crippen LogP contribution in [0.4, 0.5) is 10.5 Å². The fourth-order valence-electron chi connectivity index (χ4n) is 1.35. The van der Waals surface area contributed by atoms with Gasteiger partial charge in [0.15, 0.2) is 0 Å². The van der Waals surface area contributed by atoms with E-state index < -0.39 is 18.0 Å². The van der Waals surface area contributed by atoms with E-state index in [1.54, 1.807) is 24.3 Å². The number of primary amides is 1. The lowest BCUT2D eigenvalue weighted by molar-refractivity contribution is -0.119. The maximum absolute atomic E-state index is 11.7. The number of anilines is 1. The van der Waals surface area contributed by atoms with Crippen molar-refractivity contribution in [2.24, 2.45) is 5.73 Å². The fraction of sp³-hybridized carbons (Fsp3) is 0.143. The van der Waals surface area contributed by atoms with Crippen molar-refractivity contribution in [1.82, 2.24) is 5.32 Å². The quantitative estimate of drug-likeness (QED) is 0.691. The molecule has 0 radical (unpaired) electrons. The number of terminal acetylenes is 2. The number of carbonyl (C=O) groups excluding carboxylic acids is 2. The molecule has 5 heteroatoms. The number of nitrogens with two attached hydrogens (primary N) is 1. The summed E-state index contributed by atoms with van der Waals surface area (Å²) in [6.07, 6.45) is 10.4. The molecule has 0 spiro atoms. The van der Waals surface area contributed by atoms with Crippen LogP contribution in [0.3, 0.4) is 0 Å². The molecule has 0 saturated carbocycles. The van der Waals surface area contributed by atoms with E-state index in [2.05, 4.69) is 22.5 Å². The summed E-state index contributed by atoms with van der Waals surface area (Å²) in [7, 11) is 0. The molecule has 1 atom stereocenters. The van der Waals surface area contributed by atoms with Crippen LogP contribution in [0.2, 0.25) is 0 Å². The first-order valence-electron chi connectivity index (χ1n) is 5.43. The molecule has 0 unspecified atom stereocenters. The van der Waals surface area contributed by atoms with Gasteiger partial charge in [-0.2, -0.15) is 0 Å². The number of amides is 3. The maximum atomic E-state index is 11.7. The number of hydrogen-bond donors (Lipinski definition) is 3. The van der Waals surface area contributed by atoms with E-state index in [0.717, 1.165) is 0 Å². The van der Waals surface area contributed by atoms with Crippen molar-refractivity contribution >= 4 is 17.6 Å². The Morgan fingerprint density at radius 2 is 2.11 bits per heavy atom. The number of benzene rings is 1. The molecule has 3 amide bonds. The van der Waals surface area contributed by atoms with Crippen molar-refractivity contribution in [2.75, 3.05) is 5.32 Å². The summed E-state index contributed by atoms with van der Waals surface area (Å²) in [6.45, 7) is 0. The Labute approximate surface area is 111 Å². The summed E-state index contributed by atoms with van der Waals surface area (Å²) in [5.74, 6) is 4.02. The third kappa shape index (κ3) is 4.45. The zero-order valence-corrected chi connectivity index (χ0v) is 10.1. The molecule has 1 aromatic carbocycles. The molecule has 19 heavy (non-hydrogen) atoms. The first kappa shape index (κ1) is 14.1. The van der Waals surface area contributed by atoms with E-state index in [-0.39, 0.29) is 6.42 Å². The highest BCUT2D eigenvalue weighted by Gasteiger charge is 2.16. The zero-order valence-electron chi connectivity index (χ0n) is 10.1. The summed E-state index contributed by atoms with van der Waals surface area (Å²) >= 11 is 0. The minimum atomic E-state index is -0.902. The normalized spacial score (nSPS) is 10.6. The summed E-state index contributed by atoms with van der Waals surface area (Å²) in [5, 5.41) is 4.92. The van der Waals surface area contributed by atoms with Crippen LogP contribution in [0.25, 0.3) is 0 Å². The molecule has 0 aliphatic carbocycles. The number of nitrogens with one attached hydrogen (secondary N) is 2. The smallest absolute Gasteiger partial charge is 0.319 e. The Bertz CT molecular complexity index is 567. The molecule has 0 fully saturated rings. The molecule has 1 rings (SSSR count). The van der Waals surface area contributed by atoms with Crippen LogP contribution in [0, 0.1) is 24.7 Å². The highest BCUT2D eigenvalue weighted by molar-refractivity contribution is 5.93. The van der Waals surface area contributed by atoms with Gasteiger partial charge in [-0.3, -0.25) is 4.79 Å². The molecular formula is C14H13N3O2. The topological polar surface area (TPSA) is 84.2 Å². The van der Waals surface area contributed by atoms with Crippen LogP contribution in [-0.2, 0) is 4.79 Å². The maximum Gasteiger partial charge on any atom is 0.319 e. The van der Waals surface area contributed by atoms with Crippen LogP contribution in [-0.4, -0.2) is 18.0 Å².